The Bertz CT molecular complexity index is 515. The molecule has 0 aromatic heterocycles. The molecule has 1 aromatic rings. The number of carboxylic acid groups (broad SMARTS) is 1. The highest BCUT2D eigenvalue weighted by Crippen LogP contribution is 2.26. The number of carbonyl (C=O) groups is 2. The number of amides is 1. The lowest BCUT2D eigenvalue weighted by Gasteiger charge is -2.20. The molecular weight excluding hydrogens is 298 g/mol. The van der Waals surface area contributed by atoms with Gasteiger partial charge in [-0.2, -0.15) is 11.8 Å². The summed E-state index contributed by atoms with van der Waals surface area (Å²) in [5.74, 6) is 1.36. The number of carbonyl (C=O) groups excluding carboxylic acids is 1. The predicted molar refractivity (Wildman–Crippen MR) is 81.7 cm³/mol. The highest BCUT2D eigenvalue weighted by atomic mass is 35.5. The lowest BCUT2D eigenvalue weighted by Crippen LogP contribution is -2.20. The van der Waals surface area contributed by atoms with Crippen molar-refractivity contribution in [2.75, 3.05) is 16.8 Å². The molecule has 1 aliphatic rings. The summed E-state index contributed by atoms with van der Waals surface area (Å²) in [6.07, 6.45) is 2.54. The van der Waals surface area contributed by atoms with Gasteiger partial charge in [-0.15, -0.1) is 0 Å². The van der Waals surface area contributed by atoms with E-state index in [-0.39, 0.29) is 11.5 Å². The Balaban J connectivity index is 2.01. The Labute approximate surface area is 126 Å². The summed E-state index contributed by atoms with van der Waals surface area (Å²) in [7, 11) is 0. The van der Waals surface area contributed by atoms with Crippen molar-refractivity contribution >= 4 is 40.9 Å². The molecule has 1 aromatic carbocycles. The van der Waals surface area contributed by atoms with Crippen molar-refractivity contribution < 1.29 is 14.7 Å². The third-order valence-corrected chi connectivity index (χ3v) is 4.58. The van der Waals surface area contributed by atoms with Crippen LogP contribution in [0.3, 0.4) is 0 Å². The van der Waals surface area contributed by atoms with Gasteiger partial charge in [0.2, 0.25) is 5.91 Å². The Hall–Kier alpha value is -1.20. The number of anilines is 1. The van der Waals surface area contributed by atoms with Crippen LogP contribution in [0.25, 0.3) is 0 Å². The highest BCUT2D eigenvalue weighted by molar-refractivity contribution is 7.99. The van der Waals surface area contributed by atoms with E-state index in [1.165, 1.54) is 12.1 Å². The molecule has 1 aliphatic heterocycles. The molecule has 1 heterocycles. The molecule has 4 nitrogen and oxygen atoms in total. The van der Waals surface area contributed by atoms with E-state index in [9.17, 15) is 9.59 Å². The van der Waals surface area contributed by atoms with Gasteiger partial charge < -0.3 is 10.4 Å². The molecule has 0 unspecified atom stereocenters. The molecule has 6 heteroatoms. The van der Waals surface area contributed by atoms with E-state index in [0.717, 1.165) is 24.3 Å². The largest absolute Gasteiger partial charge is 0.478 e. The van der Waals surface area contributed by atoms with Crippen LogP contribution >= 0.6 is 23.4 Å². The van der Waals surface area contributed by atoms with Crippen LogP contribution in [0.2, 0.25) is 5.02 Å². The molecule has 2 N–H and O–H groups in total. The number of carboxylic acids is 1. The van der Waals surface area contributed by atoms with Gasteiger partial charge in [0.25, 0.3) is 0 Å². The zero-order valence-corrected chi connectivity index (χ0v) is 12.5. The molecule has 0 radical (unpaired) electrons. The maximum Gasteiger partial charge on any atom is 0.337 e. The Morgan fingerprint density at radius 1 is 1.35 bits per heavy atom. The molecule has 0 spiro atoms. The summed E-state index contributed by atoms with van der Waals surface area (Å²) in [5, 5.41) is 12.1. The third kappa shape index (κ3) is 4.15. The average Bonchev–Trinajstić information content (AvgIpc) is 2.41. The molecule has 1 fully saturated rings. The van der Waals surface area contributed by atoms with Crippen molar-refractivity contribution in [2.45, 2.75) is 19.3 Å². The Kier molecular flexibility index (Phi) is 5.31. The summed E-state index contributed by atoms with van der Waals surface area (Å²) in [4.78, 5) is 23.1. The van der Waals surface area contributed by atoms with Gasteiger partial charge in [0.1, 0.15) is 0 Å². The second-order valence-electron chi connectivity index (χ2n) is 4.80. The van der Waals surface area contributed by atoms with E-state index in [1.807, 2.05) is 11.8 Å². The van der Waals surface area contributed by atoms with Gasteiger partial charge in [0.05, 0.1) is 11.3 Å². The van der Waals surface area contributed by atoms with Gasteiger partial charge in [-0.25, -0.2) is 4.79 Å². The second-order valence-corrected chi connectivity index (χ2v) is 6.46. The van der Waals surface area contributed by atoms with E-state index in [1.54, 1.807) is 6.07 Å². The topological polar surface area (TPSA) is 66.4 Å². The fourth-order valence-electron chi connectivity index (χ4n) is 2.22. The minimum Gasteiger partial charge on any atom is -0.478 e. The van der Waals surface area contributed by atoms with E-state index < -0.39 is 5.97 Å². The number of benzene rings is 1. The van der Waals surface area contributed by atoms with Gasteiger partial charge in [-0.3, -0.25) is 4.79 Å². The van der Waals surface area contributed by atoms with Crippen LogP contribution in [0.5, 0.6) is 0 Å². The van der Waals surface area contributed by atoms with E-state index in [4.69, 9.17) is 16.7 Å². The number of rotatable bonds is 4. The van der Waals surface area contributed by atoms with Crippen molar-refractivity contribution in [1.29, 1.82) is 0 Å². The number of aromatic carboxylic acids is 1. The average molecular weight is 314 g/mol. The Morgan fingerprint density at radius 2 is 2.05 bits per heavy atom. The monoisotopic (exact) mass is 313 g/mol. The smallest absolute Gasteiger partial charge is 0.337 e. The second kappa shape index (κ2) is 6.99. The summed E-state index contributed by atoms with van der Waals surface area (Å²) < 4.78 is 0. The number of nitrogens with one attached hydrogen (secondary N) is 1. The summed E-state index contributed by atoms with van der Waals surface area (Å²) in [6.45, 7) is 0. The SMILES string of the molecule is O=C(CC1CCSCC1)Nc1ccc(Cl)cc1C(=O)O. The molecule has 20 heavy (non-hydrogen) atoms. The first kappa shape index (κ1) is 15.2. The standard InChI is InChI=1S/C14H16ClNO3S/c15-10-1-2-12(11(8-10)14(18)19)16-13(17)7-9-3-5-20-6-4-9/h1-2,8-9H,3-7H2,(H,16,17)(H,18,19). The minimum absolute atomic E-state index is 0.0186. The number of hydrogen-bond donors (Lipinski definition) is 2. The fraction of sp³-hybridized carbons (Fsp3) is 0.429. The first-order valence-electron chi connectivity index (χ1n) is 6.46. The van der Waals surface area contributed by atoms with E-state index in [2.05, 4.69) is 5.32 Å². The van der Waals surface area contributed by atoms with Crippen LogP contribution in [0.1, 0.15) is 29.6 Å². The van der Waals surface area contributed by atoms with Gasteiger partial charge in [0, 0.05) is 11.4 Å². The van der Waals surface area contributed by atoms with Gasteiger partial charge in [-0.1, -0.05) is 11.6 Å². The van der Waals surface area contributed by atoms with Gasteiger partial charge in [-0.05, 0) is 48.5 Å². The molecule has 0 aliphatic carbocycles. The van der Waals surface area contributed by atoms with Crippen molar-refractivity contribution in [3.8, 4) is 0 Å². The minimum atomic E-state index is -1.10. The lowest BCUT2D eigenvalue weighted by atomic mass is 9.98. The lowest BCUT2D eigenvalue weighted by molar-refractivity contribution is -0.117. The first-order valence-corrected chi connectivity index (χ1v) is 8.00. The number of hydrogen-bond acceptors (Lipinski definition) is 3. The molecule has 1 amide bonds. The molecular formula is C14H16ClNO3S. The quantitative estimate of drug-likeness (QED) is 0.892. The van der Waals surface area contributed by atoms with E-state index in [0.29, 0.717) is 23.0 Å². The first-order chi connectivity index (χ1) is 9.56. The highest BCUT2D eigenvalue weighted by Gasteiger charge is 2.19. The van der Waals surface area contributed by atoms with Crippen LogP contribution < -0.4 is 5.32 Å². The summed E-state index contributed by atoms with van der Waals surface area (Å²) in [6, 6.07) is 4.44. The fourth-order valence-corrected chi connectivity index (χ4v) is 3.59. The van der Waals surface area contributed by atoms with Crippen LogP contribution in [0.4, 0.5) is 5.69 Å². The predicted octanol–water partition coefficient (Wildman–Crippen LogP) is 3.51. The van der Waals surface area contributed by atoms with Crippen LogP contribution in [0, 0.1) is 5.92 Å². The van der Waals surface area contributed by atoms with Crippen LogP contribution in [-0.2, 0) is 4.79 Å². The summed E-state index contributed by atoms with van der Waals surface area (Å²) >= 11 is 7.69. The van der Waals surface area contributed by atoms with Crippen molar-refractivity contribution in [3.63, 3.8) is 0 Å². The van der Waals surface area contributed by atoms with Crippen LogP contribution in [-0.4, -0.2) is 28.5 Å². The normalized spacial score (nSPS) is 15.8. The maximum atomic E-state index is 12.0. The number of thioether (sulfide) groups is 1. The van der Waals surface area contributed by atoms with Crippen molar-refractivity contribution in [2.24, 2.45) is 5.92 Å². The molecule has 1 saturated heterocycles. The molecule has 0 bridgehead atoms. The zero-order chi connectivity index (χ0) is 14.5. The van der Waals surface area contributed by atoms with Gasteiger partial charge in [0.15, 0.2) is 0 Å². The van der Waals surface area contributed by atoms with Gasteiger partial charge >= 0.3 is 5.97 Å². The third-order valence-electron chi connectivity index (χ3n) is 3.30. The number of halogens is 1. The van der Waals surface area contributed by atoms with Crippen molar-refractivity contribution in [1.82, 2.24) is 0 Å². The van der Waals surface area contributed by atoms with Crippen LogP contribution in [0.15, 0.2) is 18.2 Å². The Morgan fingerprint density at radius 3 is 2.70 bits per heavy atom. The summed E-state index contributed by atoms with van der Waals surface area (Å²) in [5.41, 5.74) is 0.321. The van der Waals surface area contributed by atoms with Crippen molar-refractivity contribution in [3.05, 3.63) is 28.8 Å². The molecule has 2 rings (SSSR count). The van der Waals surface area contributed by atoms with E-state index >= 15 is 0 Å². The molecule has 0 saturated carbocycles. The zero-order valence-electron chi connectivity index (χ0n) is 10.9. The molecule has 108 valence electrons. The maximum absolute atomic E-state index is 12.0. The molecule has 0 atom stereocenters.